The number of piperazine rings is 1. The van der Waals surface area contributed by atoms with E-state index in [-0.39, 0.29) is 0 Å². The highest BCUT2D eigenvalue weighted by atomic mass is 16.5. The topological polar surface area (TPSA) is 28.6 Å². The number of piperidine rings is 1. The molecule has 0 N–H and O–H groups in total. The Morgan fingerprint density at radius 1 is 1.09 bits per heavy atom. The van der Waals surface area contributed by atoms with Gasteiger partial charge in [-0.3, -0.25) is 4.90 Å². The van der Waals surface area contributed by atoms with Gasteiger partial charge in [0.2, 0.25) is 0 Å². The van der Waals surface area contributed by atoms with Crippen LogP contribution in [0.3, 0.4) is 0 Å². The lowest BCUT2D eigenvalue weighted by Crippen LogP contribution is -2.59. The third-order valence-electron chi connectivity index (χ3n) is 5.29. The van der Waals surface area contributed by atoms with Crippen LogP contribution < -0.4 is 9.64 Å². The van der Waals surface area contributed by atoms with Crippen LogP contribution in [0, 0.1) is 0 Å². The first-order valence-corrected chi connectivity index (χ1v) is 8.16. The number of nitrogens with zero attached hydrogens (tertiary/aromatic N) is 3. The first-order chi connectivity index (χ1) is 10.7. The zero-order valence-corrected chi connectivity index (χ0v) is 13.3. The van der Waals surface area contributed by atoms with Gasteiger partial charge in [0.15, 0.2) is 0 Å². The monoisotopic (exact) mass is 297 g/mol. The van der Waals surface area contributed by atoms with Gasteiger partial charge >= 0.3 is 0 Å². The molecule has 0 amide bonds. The lowest BCUT2D eigenvalue weighted by molar-refractivity contribution is 0.0947. The van der Waals surface area contributed by atoms with Crippen LogP contribution in [0.25, 0.3) is 10.9 Å². The molecule has 2 fully saturated rings. The second-order valence-electron chi connectivity index (χ2n) is 6.54. The number of benzene rings is 1. The second kappa shape index (κ2) is 5.43. The number of likely N-dealkylation sites (N-methyl/N-ethyl adjacent to an activating group) is 1. The summed E-state index contributed by atoms with van der Waals surface area (Å²) in [5.41, 5.74) is 1.04. The minimum Gasteiger partial charge on any atom is -0.497 e. The molecule has 0 aliphatic carbocycles. The van der Waals surface area contributed by atoms with Crippen molar-refractivity contribution in [2.45, 2.75) is 31.3 Å². The van der Waals surface area contributed by atoms with E-state index in [2.05, 4.69) is 35.0 Å². The summed E-state index contributed by atoms with van der Waals surface area (Å²) < 4.78 is 5.29. The lowest BCUT2D eigenvalue weighted by Gasteiger charge is -2.48. The fraction of sp³-hybridized carbons (Fsp3) is 0.500. The SMILES string of the molecule is COc1ccc2nc(N3CC4CCCC(C3)N4C)ccc2c1. The van der Waals surface area contributed by atoms with Crippen LogP contribution in [0.4, 0.5) is 5.82 Å². The van der Waals surface area contributed by atoms with E-state index in [1.807, 2.05) is 12.1 Å². The molecule has 4 nitrogen and oxygen atoms in total. The summed E-state index contributed by atoms with van der Waals surface area (Å²) in [7, 11) is 3.98. The molecule has 2 aliphatic rings. The molecule has 4 heteroatoms. The van der Waals surface area contributed by atoms with Crippen molar-refractivity contribution in [1.29, 1.82) is 0 Å². The normalized spacial score (nSPS) is 25.5. The number of methoxy groups -OCH3 is 1. The van der Waals surface area contributed by atoms with E-state index in [1.165, 1.54) is 19.3 Å². The number of anilines is 1. The van der Waals surface area contributed by atoms with Gasteiger partial charge in [-0.1, -0.05) is 6.42 Å². The summed E-state index contributed by atoms with van der Waals surface area (Å²) in [5, 5.41) is 1.14. The van der Waals surface area contributed by atoms with Crippen molar-refractivity contribution in [1.82, 2.24) is 9.88 Å². The third-order valence-corrected chi connectivity index (χ3v) is 5.29. The molecular formula is C18H23N3O. The number of ether oxygens (including phenoxy) is 1. The predicted octanol–water partition coefficient (Wildman–Crippen LogP) is 2.92. The van der Waals surface area contributed by atoms with Crippen LogP contribution >= 0.6 is 0 Å². The molecule has 2 aromatic rings. The zero-order valence-electron chi connectivity index (χ0n) is 13.3. The summed E-state index contributed by atoms with van der Waals surface area (Å²) in [4.78, 5) is 9.92. The summed E-state index contributed by atoms with van der Waals surface area (Å²) >= 11 is 0. The quantitative estimate of drug-likeness (QED) is 0.852. The predicted molar refractivity (Wildman–Crippen MR) is 89.7 cm³/mol. The Morgan fingerprint density at radius 3 is 2.59 bits per heavy atom. The van der Waals surface area contributed by atoms with Crippen molar-refractivity contribution >= 4 is 16.7 Å². The number of pyridine rings is 1. The van der Waals surface area contributed by atoms with E-state index in [0.29, 0.717) is 12.1 Å². The Morgan fingerprint density at radius 2 is 1.86 bits per heavy atom. The Balaban J connectivity index is 1.64. The van der Waals surface area contributed by atoms with Crippen molar-refractivity contribution in [2.75, 3.05) is 32.1 Å². The van der Waals surface area contributed by atoms with Gasteiger partial charge in [-0.2, -0.15) is 0 Å². The molecule has 0 spiro atoms. The van der Waals surface area contributed by atoms with Crippen molar-refractivity contribution in [3.8, 4) is 5.75 Å². The van der Waals surface area contributed by atoms with Crippen LogP contribution in [-0.4, -0.2) is 49.2 Å². The zero-order chi connectivity index (χ0) is 15.1. The third kappa shape index (κ3) is 2.31. The summed E-state index contributed by atoms with van der Waals surface area (Å²) in [5.74, 6) is 2.00. The van der Waals surface area contributed by atoms with E-state index >= 15 is 0 Å². The number of hydrogen-bond donors (Lipinski definition) is 0. The van der Waals surface area contributed by atoms with Gasteiger partial charge in [0.25, 0.3) is 0 Å². The molecular weight excluding hydrogens is 274 g/mol. The highest BCUT2D eigenvalue weighted by Crippen LogP contribution is 2.30. The molecule has 1 aromatic heterocycles. The highest BCUT2D eigenvalue weighted by molar-refractivity contribution is 5.81. The minimum atomic E-state index is 0.681. The van der Waals surface area contributed by atoms with E-state index in [4.69, 9.17) is 9.72 Å². The Labute approximate surface area is 131 Å². The van der Waals surface area contributed by atoms with Gasteiger partial charge in [0, 0.05) is 30.6 Å². The maximum Gasteiger partial charge on any atom is 0.129 e. The smallest absolute Gasteiger partial charge is 0.129 e. The highest BCUT2D eigenvalue weighted by Gasteiger charge is 2.35. The molecule has 22 heavy (non-hydrogen) atoms. The van der Waals surface area contributed by atoms with Crippen molar-refractivity contribution in [3.05, 3.63) is 30.3 Å². The molecule has 2 bridgehead atoms. The standard InChI is InChI=1S/C18H23N3O/c1-20-14-4-3-5-15(20)12-21(11-14)18-9-6-13-10-16(22-2)7-8-17(13)19-18/h6-10,14-15H,3-5,11-12H2,1-2H3. The van der Waals surface area contributed by atoms with E-state index < -0.39 is 0 Å². The summed E-state index contributed by atoms with van der Waals surface area (Å²) in [6.07, 6.45) is 4.00. The number of hydrogen-bond acceptors (Lipinski definition) is 4. The molecule has 2 aliphatic heterocycles. The number of aromatic nitrogens is 1. The summed E-state index contributed by atoms with van der Waals surface area (Å²) in [6.45, 7) is 2.20. The van der Waals surface area contributed by atoms with Gasteiger partial charge in [0.05, 0.1) is 12.6 Å². The van der Waals surface area contributed by atoms with Crippen molar-refractivity contribution in [3.63, 3.8) is 0 Å². The molecule has 1 aromatic carbocycles. The number of fused-ring (bicyclic) bond motifs is 3. The Kier molecular flexibility index (Phi) is 3.41. The van der Waals surface area contributed by atoms with Gasteiger partial charge < -0.3 is 9.64 Å². The molecule has 0 saturated carbocycles. The summed E-state index contributed by atoms with van der Waals surface area (Å²) in [6, 6.07) is 11.8. The molecule has 3 heterocycles. The Hall–Kier alpha value is -1.81. The van der Waals surface area contributed by atoms with Gasteiger partial charge in [-0.05, 0) is 50.2 Å². The Bertz CT molecular complexity index is 673. The second-order valence-corrected chi connectivity index (χ2v) is 6.54. The van der Waals surface area contributed by atoms with Crippen molar-refractivity contribution < 1.29 is 4.74 Å². The molecule has 4 rings (SSSR count). The van der Waals surface area contributed by atoms with Gasteiger partial charge in [-0.15, -0.1) is 0 Å². The van der Waals surface area contributed by atoms with Crippen LogP contribution in [0.2, 0.25) is 0 Å². The van der Waals surface area contributed by atoms with Crippen LogP contribution in [0.15, 0.2) is 30.3 Å². The average Bonchev–Trinajstić information content (AvgIpc) is 2.53. The lowest BCUT2D eigenvalue weighted by atomic mass is 9.92. The van der Waals surface area contributed by atoms with E-state index in [1.54, 1.807) is 7.11 Å². The maximum absolute atomic E-state index is 5.29. The van der Waals surface area contributed by atoms with Crippen LogP contribution in [0.1, 0.15) is 19.3 Å². The first-order valence-electron chi connectivity index (χ1n) is 8.16. The first kappa shape index (κ1) is 13.8. The fourth-order valence-electron chi connectivity index (χ4n) is 3.90. The molecule has 2 unspecified atom stereocenters. The largest absolute Gasteiger partial charge is 0.497 e. The number of rotatable bonds is 2. The fourth-order valence-corrected chi connectivity index (χ4v) is 3.90. The van der Waals surface area contributed by atoms with Crippen LogP contribution in [0.5, 0.6) is 5.75 Å². The molecule has 2 saturated heterocycles. The van der Waals surface area contributed by atoms with E-state index in [9.17, 15) is 0 Å². The molecule has 2 atom stereocenters. The van der Waals surface area contributed by atoms with E-state index in [0.717, 1.165) is 35.6 Å². The van der Waals surface area contributed by atoms with Crippen molar-refractivity contribution in [2.24, 2.45) is 0 Å². The average molecular weight is 297 g/mol. The van der Waals surface area contributed by atoms with Gasteiger partial charge in [-0.25, -0.2) is 4.98 Å². The minimum absolute atomic E-state index is 0.681. The molecule has 0 radical (unpaired) electrons. The maximum atomic E-state index is 5.29. The van der Waals surface area contributed by atoms with Gasteiger partial charge in [0.1, 0.15) is 11.6 Å². The van der Waals surface area contributed by atoms with Crippen LogP contribution in [-0.2, 0) is 0 Å². The molecule has 116 valence electrons.